The maximum Gasteiger partial charge on any atom is 0.349 e. The van der Waals surface area contributed by atoms with Gasteiger partial charge in [-0.25, -0.2) is 4.79 Å². The van der Waals surface area contributed by atoms with Crippen LogP contribution in [0.1, 0.15) is 59.9 Å². The van der Waals surface area contributed by atoms with E-state index in [1.54, 1.807) is 24.3 Å². The Morgan fingerprint density at radius 2 is 1.71 bits per heavy atom. The van der Waals surface area contributed by atoms with E-state index in [4.69, 9.17) is 9.47 Å². The zero-order chi connectivity index (χ0) is 35.8. The topological polar surface area (TPSA) is 174 Å². The number of phenols is 1. The molecule has 3 aromatic heterocycles. The number of likely N-dealkylation sites (N-methyl/N-ethyl adjacent to an activating group) is 1. The second kappa shape index (κ2) is 14.8. The number of carbonyl (C=O) groups excluding carboxylic acids is 2. The Morgan fingerprint density at radius 1 is 1.02 bits per heavy atom. The molecule has 3 saturated heterocycles. The largest absolute Gasteiger partial charge is 0.506 e. The number of aromatic hydroxyl groups is 1. The number of piperidine rings is 1. The van der Waals surface area contributed by atoms with Crippen molar-refractivity contribution in [3.8, 4) is 5.75 Å². The fourth-order valence-corrected chi connectivity index (χ4v) is 9.84. The van der Waals surface area contributed by atoms with Gasteiger partial charge in [0.25, 0.3) is 0 Å². The summed E-state index contributed by atoms with van der Waals surface area (Å²) in [5.41, 5.74) is -1.21. The first kappa shape index (κ1) is 35.8. The smallest absolute Gasteiger partial charge is 0.349 e. The number of morpholine rings is 1. The molecule has 5 atom stereocenters. The van der Waals surface area contributed by atoms with Crippen LogP contribution < -0.4 is 16.2 Å². The van der Waals surface area contributed by atoms with Gasteiger partial charge in [-0.15, -0.1) is 22.7 Å². The maximum atomic E-state index is 13.6. The standard InChI is InChI=1S/C37H44N4O8S2/c1-41(16-13-31(44)39-15-4-2-3-14-38-21-28(43)23-9-11-27(42)33-24(23)10-12-32(45)40-33)25-19-22(20-26(41)35-34(25)49-35)48-36(46)37(47,29-7-5-17-50-29)30-8-6-18-51-30/h5-12,17-18,22,25-26,28,34-35,38,43,47H,2-4,13-16,19-21H2,1H3,(H2-,39,40,42,44,45)/p+1/t22?,25?,26?,28-,34?,35?,41?/m0/s1. The van der Waals surface area contributed by atoms with Gasteiger partial charge < -0.3 is 44.9 Å². The Bertz CT molecular complexity index is 1850. The number of pyridine rings is 1. The van der Waals surface area contributed by atoms with E-state index in [1.165, 1.54) is 34.8 Å². The predicted molar refractivity (Wildman–Crippen MR) is 194 cm³/mol. The molecule has 3 aliphatic heterocycles. The molecule has 0 saturated carbocycles. The second-order valence-electron chi connectivity index (χ2n) is 14.1. The number of rotatable bonds is 16. The van der Waals surface area contributed by atoms with Crippen LogP contribution in [-0.4, -0.2) is 100 Å². The van der Waals surface area contributed by atoms with Crippen molar-refractivity contribution in [2.75, 3.05) is 33.2 Å². The summed E-state index contributed by atoms with van der Waals surface area (Å²) in [4.78, 5) is 41.8. The number of hydrogen-bond acceptors (Lipinski definition) is 11. The first-order chi connectivity index (χ1) is 24.6. The molecule has 1 amide bonds. The highest BCUT2D eigenvalue weighted by Crippen LogP contribution is 2.53. The summed E-state index contributed by atoms with van der Waals surface area (Å²) in [6.45, 7) is 2.32. The van der Waals surface area contributed by atoms with Gasteiger partial charge >= 0.3 is 5.97 Å². The van der Waals surface area contributed by atoms with Gasteiger partial charge in [0.1, 0.15) is 36.1 Å². The van der Waals surface area contributed by atoms with Crippen LogP contribution in [0, 0.1) is 0 Å². The van der Waals surface area contributed by atoms with Crippen LogP contribution in [0.15, 0.2) is 64.1 Å². The molecule has 12 nitrogen and oxygen atoms in total. The molecule has 4 unspecified atom stereocenters. The number of nitrogens with zero attached hydrogens (tertiary/aromatic N) is 1. The summed E-state index contributed by atoms with van der Waals surface area (Å²) < 4.78 is 12.8. The number of phenolic OH excluding ortho intramolecular Hbond substituents is 1. The van der Waals surface area contributed by atoms with Crippen molar-refractivity contribution in [1.29, 1.82) is 0 Å². The number of hydrogen-bond donors (Lipinski definition) is 6. The lowest BCUT2D eigenvalue weighted by Gasteiger charge is -2.48. The van der Waals surface area contributed by atoms with E-state index in [2.05, 4.69) is 22.7 Å². The van der Waals surface area contributed by atoms with Gasteiger partial charge in [-0.05, 0) is 60.0 Å². The van der Waals surface area contributed by atoms with Crippen LogP contribution in [0.3, 0.4) is 0 Å². The third kappa shape index (κ3) is 7.10. The van der Waals surface area contributed by atoms with Gasteiger partial charge in [0.15, 0.2) is 0 Å². The average molecular weight is 738 g/mol. The minimum Gasteiger partial charge on any atom is -0.506 e. The molecule has 6 heterocycles. The predicted octanol–water partition coefficient (Wildman–Crippen LogP) is 3.26. The van der Waals surface area contributed by atoms with Gasteiger partial charge in [-0.2, -0.15) is 0 Å². The zero-order valence-electron chi connectivity index (χ0n) is 28.5. The molecule has 272 valence electrons. The first-order valence-electron chi connectivity index (χ1n) is 17.6. The summed E-state index contributed by atoms with van der Waals surface area (Å²) in [5.74, 6) is -0.654. The maximum absolute atomic E-state index is 13.6. The molecule has 4 aromatic rings. The van der Waals surface area contributed by atoms with Crippen molar-refractivity contribution in [1.82, 2.24) is 15.6 Å². The number of unbranched alkanes of at least 4 members (excludes halogenated alkanes) is 2. The fraction of sp³-hybridized carbons (Fsp3) is 0.486. The number of aliphatic hydroxyl groups excluding tert-OH is 1. The van der Waals surface area contributed by atoms with Crippen molar-refractivity contribution in [3.05, 3.63) is 85.0 Å². The first-order valence-corrected chi connectivity index (χ1v) is 19.4. The normalized spacial score (nSPS) is 25.7. The molecule has 7 rings (SSSR count). The Balaban J connectivity index is 0.817. The van der Waals surface area contributed by atoms with Crippen molar-refractivity contribution in [2.24, 2.45) is 0 Å². The number of nitrogens with one attached hydrogen (secondary N) is 3. The van der Waals surface area contributed by atoms with Gasteiger partial charge in [-0.3, -0.25) is 9.59 Å². The summed E-state index contributed by atoms with van der Waals surface area (Å²) >= 11 is 2.66. The van der Waals surface area contributed by atoms with Crippen LogP contribution in [0.5, 0.6) is 5.75 Å². The molecular formula is C37H45N4O8S2+. The van der Waals surface area contributed by atoms with Gasteiger partial charge in [0.2, 0.25) is 17.1 Å². The number of epoxide rings is 1. The average Bonchev–Trinajstić information content (AvgIpc) is 3.41. The van der Waals surface area contributed by atoms with Crippen molar-refractivity contribution < 1.29 is 38.9 Å². The highest BCUT2D eigenvalue weighted by molar-refractivity contribution is 7.12. The molecule has 0 radical (unpaired) electrons. The van der Waals surface area contributed by atoms with Crippen LogP contribution in [0.4, 0.5) is 0 Å². The van der Waals surface area contributed by atoms with Gasteiger partial charge in [0, 0.05) is 37.4 Å². The number of esters is 1. The quantitative estimate of drug-likeness (QED) is 0.0437. The minimum atomic E-state index is -1.83. The molecule has 51 heavy (non-hydrogen) atoms. The van der Waals surface area contributed by atoms with E-state index in [9.17, 15) is 29.7 Å². The van der Waals surface area contributed by atoms with Gasteiger partial charge in [-0.1, -0.05) is 24.6 Å². The number of aliphatic hydroxyl groups is 2. The van der Waals surface area contributed by atoms with E-state index in [0.29, 0.717) is 71.7 Å². The number of aromatic nitrogens is 1. The number of H-pyrrole nitrogens is 1. The molecule has 6 N–H and O–H groups in total. The summed E-state index contributed by atoms with van der Waals surface area (Å²) in [7, 11) is 2.19. The molecule has 3 aliphatic rings. The molecule has 0 spiro atoms. The second-order valence-corrected chi connectivity index (χ2v) is 16.0. The van der Waals surface area contributed by atoms with Crippen molar-refractivity contribution in [3.63, 3.8) is 0 Å². The van der Waals surface area contributed by atoms with Crippen LogP contribution >= 0.6 is 22.7 Å². The number of aromatic amines is 1. The number of quaternary nitrogens is 1. The fourth-order valence-electron chi connectivity index (χ4n) is 8.12. The lowest BCUT2D eigenvalue weighted by Crippen LogP contribution is -2.63. The zero-order valence-corrected chi connectivity index (χ0v) is 30.1. The molecule has 0 aliphatic carbocycles. The van der Waals surface area contributed by atoms with Crippen LogP contribution in [0.25, 0.3) is 10.9 Å². The summed E-state index contributed by atoms with van der Waals surface area (Å²) in [6, 6.07) is 13.5. The van der Waals surface area contributed by atoms with E-state index in [1.807, 2.05) is 22.9 Å². The Morgan fingerprint density at radius 3 is 2.37 bits per heavy atom. The Kier molecular flexibility index (Phi) is 10.4. The number of amides is 1. The third-order valence-corrected chi connectivity index (χ3v) is 12.9. The lowest BCUT2D eigenvalue weighted by molar-refractivity contribution is -0.955. The molecule has 14 heteroatoms. The molecular weight excluding hydrogens is 693 g/mol. The number of benzene rings is 1. The van der Waals surface area contributed by atoms with Crippen LogP contribution in [0.2, 0.25) is 0 Å². The summed E-state index contributed by atoms with van der Waals surface area (Å²) in [6.07, 6.45) is 3.41. The number of thiophene rings is 2. The van der Waals surface area contributed by atoms with Gasteiger partial charge in [0.05, 0.1) is 41.4 Å². The molecule has 3 fully saturated rings. The van der Waals surface area contributed by atoms with E-state index >= 15 is 0 Å². The molecule has 2 bridgehead atoms. The summed E-state index contributed by atoms with van der Waals surface area (Å²) in [5, 5.41) is 43.1. The van der Waals surface area contributed by atoms with E-state index in [-0.39, 0.29) is 47.6 Å². The number of fused-ring (bicyclic) bond motifs is 6. The van der Waals surface area contributed by atoms with E-state index in [0.717, 1.165) is 23.7 Å². The molecule has 1 aromatic carbocycles. The number of carbonyl (C=O) groups is 2. The van der Waals surface area contributed by atoms with Crippen LogP contribution in [-0.2, 0) is 24.7 Å². The Labute approximate surface area is 303 Å². The monoisotopic (exact) mass is 737 g/mol. The Hall–Kier alpha value is -3.63. The SMILES string of the molecule is C[N+]1(CCC(=O)NCCCCCNC[C@H](O)c2ccc(O)c3[nH]c(=O)ccc23)C2CC(OC(=O)C(O)(c3cccs3)c3cccs3)CC1C1OC12. The van der Waals surface area contributed by atoms with E-state index < -0.39 is 17.7 Å². The lowest BCUT2D eigenvalue weighted by atomic mass is 9.94. The highest BCUT2D eigenvalue weighted by Gasteiger charge is 2.72. The minimum absolute atomic E-state index is 0.0255. The third-order valence-electron chi connectivity index (χ3n) is 10.9. The highest BCUT2D eigenvalue weighted by atomic mass is 32.1. The van der Waals surface area contributed by atoms with Crippen molar-refractivity contribution in [2.45, 2.75) is 80.6 Å². The number of ether oxygens (including phenoxy) is 2. The van der Waals surface area contributed by atoms with Crippen molar-refractivity contribution >= 4 is 45.5 Å².